The number of ether oxygens (including phenoxy) is 1. The number of hydrogen-bond donors (Lipinski definition) is 0. The maximum Gasteiger partial charge on any atom is 0.254 e. The van der Waals surface area contributed by atoms with Crippen LogP contribution in [0.3, 0.4) is 0 Å². The topological polar surface area (TPSA) is 36.0 Å². The van der Waals surface area contributed by atoms with Gasteiger partial charge < -0.3 is 19.4 Å². The number of morpholine rings is 1. The number of amides is 1. The number of carbonyl (C=O) groups excluding carboxylic acids is 1. The number of likely N-dealkylation sites (tertiary alicyclic amines) is 1. The highest BCUT2D eigenvalue weighted by atomic mass is 16.5. The second kappa shape index (κ2) is 8.27. The monoisotopic (exact) mass is 397 g/mol. The molecule has 1 spiro atoms. The molecular formula is C24H35N3O2. The predicted octanol–water partition coefficient (Wildman–Crippen LogP) is 3.39. The molecule has 1 saturated carbocycles. The molecule has 29 heavy (non-hydrogen) atoms. The van der Waals surface area contributed by atoms with E-state index in [4.69, 9.17) is 4.74 Å². The van der Waals surface area contributed by atoms with E-state index >= 15 is 0 Å². The van der Waals surface area contributed by atoms with Gasteiger partial charge in [-0.05, 0) is 81.3 Å². The van der Waals surface area contributed by atoms with E-state index in [0.717, 1.165) is 24.7 Å². The number of hydrogen-bond acceptors (Lipinski definition) is 4. The molecule has 5 heteroatoms. The van der Waals surface area contributed by atoms with Gasteiger partial charge >= 0.3 is 0 Å². The van der Waals surface area contributed by atoms with Crippen molar-refractivity contribution in [1.29, 1.82) is 0 Å². The first-order valence-electron chi connectivity index (χ1n) is 11.7. The van der Waals surface area contributed by atoms with Crippen LogP contribution >= 0.6 is 0 Å². The number of benzene rings is 1. The minimum Gasteiger partial charge on any atom is -0.378 e. The van der Waals surface area contributed by atoms with Crippen molar-refractivity contribution in [3.8, 4) is 0 Å². The van der Waals surface area contributed by atoms with E-state index in [9.17, 15) is 4.79 Å². The summed E-state index contributed by atoms with van der Waals surface area (Å²) < 4.78 is 5.35. The molecule has 0 N–H and O–H groups in total. The van der Waals surface area contributed by atoms with Gasteiger partial charge in [-0.2, -0.15) is 0 Å². The number of carbonyl (C=O) groups is 1. The van der Waals surface area contributed by atoms with Gasteiger partial charge in [0.15, 0.2) is 0 Å². The summed E-state index contributed by atoms with van der Waals surface area (Å²) in [5.74, 6) is 0.135. The van der Waals surface area contributed by atoms with Crippen molar-refractivity contribution in [2.75, 3.05) is 57.4 Å². The number of piperidine rings is 2. The summed E-state index contributed by atoms with van der Waals surface area (Å²) in [7, 11) is 0. The zero-order chi connectivity index (χ0) is 19.7. The second-order valence-corrected chi connectivity index (χ2v) is 9.56. The van der Waals surface area contributed by atoms with E-state index in [-0.39, 0.29) is 5.91 Å². The van der Waals surface area contributed by atoms with Crippen LogP contribution in [0.5, 0.6) is 0 Å². The molecule has 0 aromatic heterocycles. The Bertz CT molecular complexity index is 691. The van der Waals surface area contributed by atoms with Crippen molar-refractivity contribution in [2.24, 2.45) is 5.41 Å². The van der Waals surface area contributed by atoms with Crippen LogP contribution in [0.25, 0.3) is 0 Å². The quantitative estimate of drug-likeness (QED) is 0.783. The van der Waals surface area contributed by atoms with Gasteiger partial charge in [-0.15, -0.1) is 0 Å². The van der Waals surface area contributed by atoms with Crippen LogP contribution in [-0.4, -0.2) is 74.2 Å². The third-order valence-electron chi connectivity index (χ3n) is 8.05. The molecule has 0 radical (unpaired) electrons. The van der Waals surface area contributed by atoms with Crippen molar-refractivity contribution in [1.82, 2.24) is 9.80 Å². The van der Waals surface area contributed by atoms with Gasteiger partial charge in [0.25, 0.3) is 5.91 Å². The highest BCUT2D eigenvalue weighted by molar-refractivity contribution is 5.94. The summed E-state index contributed by atoms with van der Waals surface area (Å²) >= 11 is 0. The fourth-order valence-electron chi connectivity index (χ4n) is 5.62. The summed E-state index contributed by atoms with van der Waals surface area (Å²) in [4.78, 5) is 19.8. The Hall–Kier alpha value is -1.59. The Balaban J connectivity index is 1.14. The number of nitrogens with zero attached hydrogens (tertiary/aromatic N) is 3. The molecule has 158 valence electrons. The minimum atomic E-state index is 0.135. The molecule has 1 amide bonds. The normalized spacial score (nSPS) is 25.8. The molecule has 4 fully saturated rings. The molecule has 0 bridgehead atoms. The van der Waals surface area contributed by atoms with Gasteiger partial charge in [0, 0.05) is 43.5 Å². The molecule has 4 aliphatic rings. The molecule has 1 aliphatic carbocycles. The fraction of sp³-hybridized carbons (Fsp3) is 0.708. The molecule has 0 atom stereocenters. The average Bonchev–Trinajstić information content (AvgIpc) is 2.75. The smallest absolute Gasteiger partial charge is 0.254 e. The second-order valence-electron chi connectivity index (χ2n) is 9.56. The molecule has 3 saturated heterocycles. The Kier molecular flexibility index (Phi) is 5.53. The first-order valence-corrected chi connectivity index (χ1v) is 11.7. The lowest BCUT2D eigenvalue weighted by Gasteiger charge is -2.50. The van der Waals surface area contributed by atoms with Gasteiger partial charge in [-0.1, -0.05) is 6.42 Å². The summed E-state index contributed by atoms with van der Waals surface area (Å²) in [5, 5.41) is 0. The van der Waals surface area contributed by atoms with Gasteiger partial charge in [0.05, 0.1) is 13.2 Å². The highest BCUT2D eigenvalue weighted by Crippen LogP contribution is 2.43. The highest BCUT2D eigenvalue weighted by Gasteiger charge is 2.39. The van der Waals surface area contributed by atoms with Crippen LogP contribution in [0.4, 0.5) is 5.69 Å². The van der Waals surface area contributed by atoms with Crippen LogP contribution < -0.4 is 4.90 Å². The van der Waals surface area contributed by atoms with E-state index in [2.05, 4.69) is 21.9 Å². The summed E-state index contributed by atoms with van der Waals surface area (Å²) in [6, 6.07) is 9.21. The Labute approximate surface area is 175 Å². The van der Waals surface area contributed by atoms with Crippen LogP contribution in [0.1, 0.15) is 55.3 Å². The standard InChI is InChI=1S/C24H35N3O2/c28-23(27-16-18-29-19-17-27)20-4-6-22(7-5-20)26-14-10-24(11-15-26)8-12-25(13-9-24)21-2-1-3-21/h4-7,21H,1-3,8-19H2. The van der Waals surface area contributed by atoms with E-state index in [1.54, 1.807) is 0 Å². The van der Waals surface area contributed by atoms with Crippen LogP contribution in [-0.2, 0) is 4.74 Å². The van der Waals surface area contributed by atoms with Gasteiger partial charge in [0.1, 0.15) is 0 Å². The van der Waals surface area contributed by atoms with E-state index in [0.29, 0.717) is 31.7 Å². The van der Waals surface area contributed by atoms with E-state index < -0.39 is 0 Å². The largest absolute Gasteiger partial charge is 0.378 e. The third-order valence-corrected chi connectivity index (χ3v) is 8.05. The fourth-order valence-corrected chi connectivity index (χ4v) is 5.62. The van der Waals surface area contributed by atoms with Crippen LogP contribution in [0, 0.1) is 5.41 Å². The number of anilines is 1. The molecule has 3 aliphatic heterocycles. The lowest BCUT2D eigenvalue weighted by Crippen LogP contribution is -2.50. The molecule has 5 rings (SSSR count). The van der Waals surface area contributed by atoms with Crippen molar-refractivity contribution < 1.29 is 9.53 Å². The molecule has 0 unspecified atom stereocenters. The van der Waals surface area contributed by atoms with Gasteiger partial charge in [-0.25, -0.2) is 0 Å². The summed E-state index contributed by atoms with van der Waals surface area (Å²) in [5.41, 5.74) is 2.65. The van der Waals surface area contributed by atoms with E-state index in [1.807, 2.05) is 17.0 Å². The third kappa shape index (κ3) is 4.04. The average molecular weight is 398 g/mol. The van der Waals surface area contributed by atoms with Gasteiger partial charge in [0.2, 0.25) is 0 Å². The van der Waals surface area contributed by atoms with Crippen molar-refractivity contribution in [2.45, 2.75) is 51.0 Å². The lowest BCUT2D eigenvalue weighted by atomic mass is 9.70. The maximum absolute atomic E-state index is 12.6. The molecule has 3 heterocycles. The number of rotatable bonds is 3. The minimum absolute atomic E-state index is 0.135. The van der Waals surface area contributed by atoms with Crippen LogP contribution in [0.15, 0.2) is 24.3 Å². The summed E-state index contributed by atoms with van der Waals surface area (Å²) in [6.45, 7) is 7.65. The summed E-state index contributed by atoms with van der Waals surface area (Å²) in [6.07, 6.45) is 9.74. The van der Waals surface area contributed by atoms with Crippen molar-refractivity contribution in [3.05, 3.63) is 29.8 Å². The van der Waals surface area contributed by atoms with Crippen molar-refractivity contribution in [3.63, 3.8) is 0 Å². The maximum atomic E-state index is 12.6. The van der Waals surface area contributed by atoms with Crippen LogP contribution in [0.2, 0.25) is 0 Å². The first kappa shape index (κ1) is 19.4. The Morgan fingerprint density at radius 3 is 2.07 bits per heavy atom. The molecule has 1 aromatic rings. The Morgan fingerprint density at radius 2 is 1.48 bits per heavy atom. The van der Waals surface area contributed by atoms with E-state index in [1.165, 1.54) is 63.7 Å². The van der Waals surface area contributed by atoms with Crippen molar-refractivity contribution >= 4 is 11.6 Å². The SMILES string of the molecule is O=C(c1ccc(N2CCC3(CC2)CCN(C2CCC2)CC3)cc1)N1CCOCC1. The lowest BCUT2D eigenvalue weighted by molar-refractivity contribution is 0.0303. The molecule has 1 aromatic carbocycles. The molecule has 5 nitrogen and oxygen atoms in total. The molecular weight excluding hydrogens is 362 g/mol. The zero-order valence-corrected chi connectivity index (χ0v) is 17.7. The first-order chi connectivity index (χ1) is 14.2. The zero-order valence-electron chi connectivity index (χ0n) is 17.7. The Morgan fingerprint density at radius 1 is 0.862 bits per heavy atom. The predicted molar refractivity (Wildman–Crippen MR) is 115 cm³/mol. The van der Waals surface area contributed by atoms with Gasteiger partial charge in [-0.3, -0.25) is 4.79 Å².